The standard InChI is InChI=1S/C17H24N2O/c1-13-4-2-5-14(12-13)17(20)16-6-3-11-19(16)15-7-9-18-10-8-15/h2,4-5,12,15-16,18H,3,6-11H2,1H3. The molecule has 20 heavy (non-hydrogen) atoms. The van der Waals surface area contributed by atoms with E-state index in [1.54, 1.807) is 0 Å². The van der Waals surface area contributed by atoms with Crippen molar-refractivity contribution in [2.24, 2.45) is 0 Å². The zero-order chi connectivity index (χ0) is 13.9. The van der Waals surface area contributed by atoms with Crippen molar-refractivity contribution in [2.45, 2.75) is 44.7 Å². The number of likely N-dealkylation sites (tertiary alicyclic amines) is 1. The first kappa shape index (κ1) is 13.8. The molecule has 1 aromatic carbocycles. The predicted octanol–water partition coefficient (Wildman–Crippen LogP) is 2.39. The van der Waals surface area contributed by atoms with Crippen LogP contribution in [0.2, 0.25) is 0 Å². The Bertz CT molecular complexity index is 480. The lowest BCUT2D eigenvalue weighted by atomic mass is 9.98. The Morgan fingerprint density at radius 2 is 2.05 bits per heavy atom. The molecule has 0 saturated carbocycles. The molecule has 0 spiro atoms. The van der Waals surface area contributed by atoms with Crippen LogP contribution in [0, 0.1) is 6.92 Å². The molecule has 108 valence electrons. The SMILES string of the molecule is Cc1cccc(C(=O)C2CCCN2C2CCNCC2)c1. The first-order valence-corrected chi connectivity index (χ1v) is 7.83. The summed E-state index contributed by atoms with van der Waals surface area (Å²) in [5, 5.41) is 3.41. The van der Waals surface area contributed by atoms with Crippen molar-refractivity contribution in [1.82, 2.24) is 10.2 Å². The van der Waals surface area contributed by atoms with E-state index in [9.17, 15) is 4.79 Å². The van der Waals surface area contributed by atoms with E-state index in [2.05, 4.69) is 23.2 Å². The summed E-state index contributed by atoms with van der Waals surface area (Å²) in [4.78, 5) is 15.3. The van der Waals surface area contributed by atoms with Crippen LogP contribution < -0.4 is 5.32 Å². The lowest BCUT2D eigenvalue weighted by molar-refractivity contribution is 0.0783. The summed E-state index contributed by atoms with van der Waals surface area (Å²) in [7, 11) is 0. The number of benzene rings is 1. The third-order valence-corrected chi connectivity index (χ3v) is 4.68. The Labute approximate surface area is 121 Å². The normalized spacial score (nSPS) is 24.9. The highest BCUT2D eigenvalue weighted by Crippen LogP contribution is 2.27. The molecule has 2 fully saturated rings. The van der Waals surface area contributed by atoms with Crippen LogP contribution in [-0.4, -0.2) is 42.4 Å². The van der Waals surface area contributed by atoms with E-state index in [1.807, 2.05) is 18.2 Å². The van der Waals surface area contributed by atoms with Gasteiger partial charge in [0, 0.05) is 11.6 Å². The Hall–Kier alpha value is -1.19. The number of nitrogens with one attached hydrogen (secondary N) is 1. The fraction of sp³-hybridized carbons (Fsp3) is 0.588. The maximum Gasteiger partial charge on any atom is 0.179 e. The lowest BCUT2D eigenvalue weighted by Gasteiger charge is -2.35. The van der Waals surface area contributed by atoms with Crippen molar-refractivity contribution < 1.29 is 4.79 Å². The van der Waals surface area contributed by atoms with E-state index in [-0.39, 0.29) is 6.04 Å². The third kappa shape index (κ3) is 2.79. The van der Waals surface area contributed by atoms with Crippen LogP contribution in [0.3, 0.4) is 0 Å². The molecular formula is C17H24N2O. The van der Waals surface area contributed by atoms with Crippen molar-refractivity contribution in [3.63, 3.8) is 0 Å². The smallest absolute Gasteiger partial charge is 0.179 e. The Balaban J connectivity index is 1.76. The van der Waals surface area contributed by atoms with E-state index < -0.39 is 0 Å². The number of Topliss-reactive ketones (excluding diaryl/α,β-unsaturated/α-hetero) is 1. The first-order chi connectivity index (χ1) is 9.75. The van der Waals surface area contributed by atoms with Gasteiger partial charge in [-0.05, 0) is 58.3 Å². The second-order valence-corrected chi connectivity index (χ2v) is 6.11. The number of nitrogens with zero attached hydrogens (tertiary/aromatic N) is 1. The number of hydrogen-bond acceptors (Lipinski definition) is 3. The molecule has 3 rings (SSSR count). The zero-order valence-electron chi connectivity index (χ0n) is 12.3. The maximum absolute atomic E-state index is 12.8. The van der Waals surface area contributed by atoms with E-state index >= 15 is 0 Å². The van der Waals surface area contributed by atoms with Crippen molar-refractivity contribution >= 4 is 5.78 Å². The van der Waals surface area contributed by atoms with Gasteiger partial charge in [-0.15, -0.1) is 0 Å². The summed E-state index contributed by atoms with van der Waals surface area (Å²) >= 11 is 0. The van der Waals surface area contributed by atoms with E-state index in [4.69, 9.17) is 0 Å². The van der Waals surface area contributed by atoms with Crippen LogP contribution >= 0.6 is 0 Å². The number of hydrogen-bond donors (Lipinski definition) is 1. The first-order valence-electron chi connectivity index (χ1n) is 7.83. The van der Waals surface area contributed by atoms with Crippen molar-refractivity contribution in [3.05, 3.63) is 35.4 Å². The van der Waals surface area contributed by atoms with Gasteiger partial charge < -0.3 is 5.32 Å². The molecule has 2 saturated heterocycles. The van der Waals surface area contributed by atoms with Crippen LogP contribution in [0.25, 0.3) is 0 Å². The van der Waals surface area contributed by atoms with Crippen molar-refractivity contribution in [1.29, 1.82) is 0 Å². The van der Waals surface area contributed by atoms with Gasteiger partial charge >= 0.3 is 0 Å². The van der Waals surface area contributed by atoms with Gasteiger partial charge in [-0.1, -0.05) is 23.8 Å². The van der Waals surface area contributed by atoms with Gasteiger partial charge in [0.15, 0.2) is 5.78 Å². The molecule has 2 aliphatic rings. The highest BCUT2D eigenvalue weighted by molar-refractivity contribution is 6.00. The summed E-state index contributed by atoms with van der Waals surface area (Å²) in [6, 6.07) is 8.75. The summed E-state index contributed by atoms with van der Waals surface area (Å²) in [6.45, 7) is 5.32. The maximum atomic E-state index is 12.8. The molecule has 0 amide bonds. The van der Waals surface area contributed by atoms with Gasteiger partial charge in [-0.2, -0.15) is 0 Å². The number of ketones is 1. The minimum Gasteiger partial charge on any atom is -0.317 e. The Morgan fingerprint density at radius 1 is 1.25 bits per heavy atom. The molecule has 3 nitrogen and oxygen atoms in total. The molecule has 1 unspecified atom stereocenters. The van der Waals surface area contributed by atoms with E-state index in [0.717, 1.165) is 38.0 Å². The van der Waals surface area contributed by atoms with Crippen LogP contribution in [0.15, 0.2) is 24.3 Å². The molecule has 0 bridgehead atoms. The summed E-state index contributed by atoms with van der Waals surface area (Å²) in [6.07, 6.45) is 4.54. The van der Waals surface area contributed by atoms with Crippen molar-refractivity contribution in [3.8, 4) is 0 Å². The van der Waals surface area contributed by atoms with Crippen molar-refractivity contribution in [2.75, 3.05) is 19.6 Å². The summed E-state index contributed by atoms with van der Waals surface area (Å²) in [5.74, 6) is 0.324. The predicted molar refractivity (Wildman–Crippen MR) is 81.1 cm³/mol. The fourth-order valence-corrected chi connectivity index (χ4v) is 3.64. The van der Waals surface area contributed by atoms with Gasteiger partial charge in [0.2, 0.25) is 0 Å². The average molecular weight is 272 g/mol. The molecule has 1 N–H and O–H groups in total. The summed E-state index contributed by atoms with van der Waals surface area (Å²) < 4.78 is 0. The molecule has 0 radical (unpaired) electrons. The lowest BCUT2D eigenvalue weighted by Crippen LogP contribution is -2.47. The molecule has 2 aliphatic heterocycles. The minimum absolute atomic E-state index is 0.111. The topological polar surface area (TPSA) is 32.3 Å². The van der Waals surface area contributed by atoms with E-state index in [1.165, 1.54) is 18.4 Å². The van der Waals surface area contributed by atoms with Crippen LogP contribution in [0.5, 0.6) is 0 Å². The quantitative estimate of drug-likeness (QED) is 0.858. The zero-order valence-corrected chi connectivity index (χ0v) is 12.3. The monoisotopic (exact) mass is 272 g/mol. The number of rotatable bonds is 3. The Kier molecular flexibility index (Phi) is 4.18. The van der Waals surface area contributed by atoms with Gasteiger partial charge in [0.05, 0.1) is 6.04 Å². The molecule has 1 atom stereocenters. The average Bonchev–Trinajstić information content (AvgIpc) is 2.97. The molecule has 0 aromatic heterocycles. The molecule has 2 heterocycles. The minimum atomic E-state index is 0.111. The largest absolute Gasteiger partial charge is 0.317 e. The third-order valence-electron chi connectivity index (χ3n) is 4.68. The molecule has 3 heteroatoms. The second kappa shape index (κ2) is 6.06. The van der Waals surface area contributed by atoms with Crippen LogP contribution in [0.1, 0.15) is 41.6 Å². The second-order valence-electron chi connectivity index (χ2n) is 6.11. The molecular weight excluding hydrogens is 248 g/mol. The Morgan fingerprint density at radius 3 is 2.80 bits per heavy atom. The molecule has 0 aliphatic carbocycles. The highest BCUT2D eigenvalue weighted by atomic mass is 16.1. The van der Waals surface area contributed by atoms with Crippen LogP contribution in [0.4, 0.5) is 0 Å². The van der Waals surface area contributed by atoms with Gasteiger partial charge in [-0.25, -0.2) is 0 Å². The van der Waals surface area contributed by atoms with Gasteiger partial charge in [0.1, 0.15) is 0 Å². The highest BCUT2D eigenvalue weighted by Gasteiger charge is 2.35. The number of carbonyl (C=O) groups is 1. The number of piperidine rings is 1. The molecule has 1 aromatic rings. The van der Waals surface area contributed by atoms with Crippen LogP contribution in [-0.2, 0) is 0 Å². The number of carbonyl (C=O) groups excluding carboxylic acids is 1. The van der Waals surface area contributed by atoms with Gasteiger partial charge in [-0.3, -0.25) is 9.69 Å². The summed E-state index contributed by atoms with van der Waals surface area (Å²) in [5.41, 5.74) is 2.05. The fourth-order valence-electron chi connectivity index (χ4n) is 3.64. The van der Waals surface area contributed by atoms with Gasteiger partial charge in [0.25, 0.3) is 0 Å². The van der Waals surface area contributed by atoms with E-state index in [0.29, 0.717) is 11.8 Å². The number of aryl methyl sites for hydroxylation is 1.